The van der Waals surface area contributed by atoms with Crippen LogP contribution in [0.25, 0.3) is 0 Å². The van der Waals surface area contributed by atoms with E-state index in [9.17, 15) is 0 Å². The minimum absolute atomic E-state index is 0.407. The van der Waals surface area contributed by atoms with Crippen LogP contribution in [-0.2, 0) is 0 Å². The van der Waals surface area contributed by atoms with Crippen LogP contribution in [0, 0.1) is 0 Å². The molecule has 1 aliphatic rings. The zero-order chi connectivity index (χ0) is 9.97. The molecule has 0 spiro atoms. The quantitative estimate of drug-likeness (QED) is 0.842. The average molecular weight is 226 g/mol. The van der Waals surface area contributed by atoms with Crippen LogP contribution in [0.3, 0.4) is 0 Å². The second-order valence-corrected chi connectivity index (χ2v) is 5.36. The van der Waals surface area contributed by atoms with E-state index in [-0.39, 0.29) is 0 Å². The van der Waals surface area contributed by atoms with E-state index < -0.39 is 0 Å². The zero-order valence-corrected chi connectivity index (χ0v) is 9.83. The van der Waals surface area contributed by atoms with Gasteiger partial charge in [-0.25, -0.2) is 0 Å². The summed E-state index contributed by atoms with van der Waals surface area (Å²) in [6, 6.07) is 2.55. The number of hydrogen-bond donors (Lipinski definition) is 1. The van der Waals surface area contributed by atoms with Gasteiger partial charge in [-0.1, -0.05) is 13.3 Å². The topological polar surface area (TPSA) is 38.4 Å². The molecule has 0 amide bonds. The highest BCUT2D eigenvalue weighted by Crippen LogP contribution is 2.31. The average Bonchev–Trinajstić information content (AvgIpc) is 2.57. The second kappa shape index (κ2) is 4.36. The lowest BCUT2D eigenvalue weighted by Gasteiger charge is -2.07. The summed E-state index contributed by atoms with van der Waals surface area (Å²) in [7, 11) is 0. The Morgan fingerprint density at radius 3 is 3.29 bits per heavy atom. The Labute approximate surface area is 92.6 Å². The number of thiophene rings is 1. The van der Waals surface area contributed by atoms with Gasteiger partial charge < -0.3 is 5.73 Å². The van der Waals surface area contributed by atoms with Gasteiger partial charge >= 0.3 is 0 Å². The summed E-state index contributed by atoms with van der Waals surface area (Å²) in [5, 5.41) is 2.08. The Kier molecular flexibility index (Phi) is 3.13. The van der Waals surface area contributed by atoms with E-state index in [0.29, 0.717) is 6.04 Å². The molecule has 2 N–H and O–H groups in total. The minimum Gasteiger partial charge on any atom is -0.383 e. The third-order valence-corrected chi connectivity index (χ3v) is 4.51. The summed E-state index contributed by atoms with van der Waals surface area (Å²) in [5.74, 6) is 1.80. The fourth-order valence-electron chi connectivity index (χ4n) is 1.56. The Morgan fingerprint density at radius 2 is 2.50 bits per heavy atom. The molecule has 14 heavy (non-hydrogen) atoms. The molecule has 2 nitrogen and oxygen atoms in total. The second-order valence-electron chi connectivity index (χ2n) is 3.38. The predicted octanol–water partition coefficient (Wildman–Crippen LogP) is 2.73. The molecule has 1 aromatic heterocycles. The number of thioether (sulfide) groups is 1. The molecule has 0 saturated heterocycles. The Balaban J connectivity index is 2.23. The fraction of sp³-hybridized carbons (Fsp3) is 0.500. The highest BCUT2D eigenvalue weighted by Gasteiger charge is 2.17. The lowest BCUT2D eigenvalue weighted by molar-refractivity contribution is 0.664. The molecule has 0 bridgehead atoms. The van der Waals surface area contributed by atoms with E-state index in [1.54, 1.807) is 11.3 Å². The van der Waals surface area contributed by atoms with Gasteiger partial charge in [0.05, 0.1) is 10.9 Å². The number of rotatable bonds is 2. The molecule has 2 rings (SSSR count). The Morgan fingerprint density at radius 1 is 1.64 bits per heavy atom. The maximum atomic E-state index is 5.96. The van der Waals surface area contributed by atoms with E-state index >= 15 is 0 Å². The number of hydrogen-bond acceptors (Lipinski definition) is 4. The van der Waals surface area contributed by atoms with Crippen LogP contribution >= 0.6 is 23.1 Å². The first kappa shape index (κ1) is 10.1. The third kappa shape index (κ3) is 1.96. The lowest BCUT2D eigenvalue weighted by atomic mass is 10.2. The molecule has 1 unspecified atom stereocenters. The van der Waals surface area contributed by atoms with Gasteiger partial charge in [0, 0.05) is 10.6 Å². The standard InChI is InChI=1S/C10H14N2S2/c1-2-3-7-6-14-8-4-5-13-9(8)10(11)12-7/h4-5,7H,2-3,6H2,1H3,(H2,11,12). The van der Waals surface area contributed by atoms with Crippen LogP contribution in [0.5, 0.6) is 0 Å². The summed E-state index contributed by atoms with van der Waals surface area (Å²) in [6.45, 7) is 2.19. The van der Waals surface area contributed by atoms with Crippen LogP contribution in [0.4, 0.5) is 0 Å². The molecule has 0 fully saturated rings. The molecule has 2 heterocycles. The lowest BCUT2D eigenvalue weighted by Crippen LogP contribution is -2.16. The minimum atomic E-state index is 0.407. The van der Waals surface area contributed by atoms with Crippen LogP contribution in [0.2, 0.25) is 0 Å². The molecule has 1 atom stereocenters. The van der Waals surface area contributed by atoms with Crippen molar-refractivity contribution in [3.05, 3.63) is 16.3 Å². The van der Waals surface area contributed by atoms with Gasteiger partial charge in [-0.3, -0.25) is 4.99 Å². The highest BCUT2D eigenvalue weighted by atomic mass is 32.2. The first-order valence-corrected chi connectivity index (χ1v) is 6.71. The van der Waals surface area contributed by atoms with Gasteiger partial charge in [-0.15, -0.1) is 23.1 Å². The van der Waals surface area contributed by atoms with Crippen molar-refractivity contribution in [2.24, 2.45) is 10.7 Å². The van der Waals surface area contributed by atoms with Crippen molar-refractivity contribution in [2.45, 2.75) is 30.7 Å². The zero-order valence-electron chi connectivity index (χ0n) is 8.19. The summed E-state index contributed by atoms with van der Waals surface area (Å²) >= 11 is 3.57. The monoisotopic (exact) mass is 226 g/mol. The smallest absolute Gasteiger partial charge is 0.137 e. The molecular weight excluding hydrogens is 212 g/mol. The molecule has 1 aliphatic heterocycles. The van der Waals surface area contributed by atoms with E-state index in [0.717, 1.165) is 22.9 Å². The van der Waals surface area contributed by atoms with Crippen molar-refractivity contribution in [1.82, 2.24) is 0 Å². The number of fused-ring (bicyclic) bond motifs is 1. The molecule has 0 aliphatic carbocycles. The first-order chi connectivity index (χ1) is 6.81. The van der Waals surface area contributed by atoms with Gasteiger partial charge in [0.15, 0.2) is 0 Å². The van der Waals surface area contributed by atoms with E-state index in [2.05, 4.69) is 23.4 Å². The van der Waals surface area contributed by atoms with Gasteiger partial charge in [0.2, 0.25) is 0 Å². The molecule has 4 heteroatoms. The highest BCUT2D eigenvalue weighted by molar-refractivity contribution is 7.99. The number of nitrogens with zero attached hydrogens (tertiary/aromatic N) is 1. The molecule has 76 valence electrons. The Bertz CT molecular complexity index is 344. The summed E-state index contributed by atoms with van der Waals surface area (Å²) < 4.78 is 0. The summed E-state index contributed by atoms with van der Waals surface area (Å²) in [5.41, 5.74) is 5.96. The van der Waals surface area contributed by atoms with Gasteiger partial charge in [0.25, 0.3) is 0 Å². The van der Waals surface area contributed by atoms with Crippen LogP contribution in [0.1, 0.15) is 24.6 Å². The van der Waals surface area contributed by atoms with Gasteiger partial charge in [0.1, 0.15) is 5.84 Å². The number of aliphatic imine (C=N–C) groups is 1. The summed E-state index contributed by atoms with van der Waals surface area (Å²) in [6.07, 6.45) is 2.32. The third-order valence-electron chi connectivity index (χ3n) is 2.24. The van der Waals surface area contributed by atoms with E-state index in [1.165, 1.54) is 11.3 Å². The molecule has 0 radical (unpaired) electrons. The molecule has 1 aromatic rings. The maximum absolute atomic E-state index is 5.96. The number of nitrogens with two attached hydrogens (primary N) is 1. The van der Waals surface area contributed by atoms with Crippen molar-refractivity contribution in [3.8, 4) is 0 Å². The molecular formula is C10H14N2S2. The molecule has 0 aromatic carbocycles. The SMILES string of the molecule is CCCC1CSc2ccsc2C(N)=N1. The molecule has 0 saturated carbocycles. The summed E-state index contributed by atoms with van der Waals surface area (Å²) in [4.78, 5) is 7.02. The van der Waals surface area contributed by atoms with Gasteiger partial charge in [-0.05, 0) is 17.9 Å². The predicted molar refractivity (Wildman–Crippen MR) is 64.5 cm³/mol. The number of amidine groups is 1. The van der Waals surface area contributed by atoms with Crippen LogP contribution in [0.15, 0.2) is 21.3 Å². The van der Waals surface area contributed by atoms with Crippen molar-refractivity contribution in [3.63, 3.8) is 0 Å². The van der Waals surface area contributed by atoms with Gasteiger partial charge in [-0.2, -0.15) is 0 Å². The first-order valence-electron chi connectivity index (χ1n) is 4.85. The van der Waals surface area contributed by atoms with Crippen molar-refractivity contribution in [2.75, 3.05) is 5.75 Å². The van der Waals surface area contributed by atoms with Crippen molar-refractivity contribution in [1.29, 1.82) is 0 Å². The maximum Gasteiger partial charge on any atom is 0.137 e. The van der Waals surface area contributed by atoms with Crippen molar-refractivity contribution < 1.29 is 0 Å². The normalized spacial score (nSPS) is 21.2. The van der Waals surface area contributed by atoms with Crippen LogP contribution < -0.4 is 5.73 Å². The van der Waals surface area contributed by atoms with Crippen molar-refractivity contribution >= 4 is 28.9 Å². The largest absolute Gasteiger partial charge is 0.383 e. The van der Waals surface area contributed by atoms with E-state index in [1.807, 2.05) is 11.8 Å². The Hall–Kier alpha value is -0.480. The fourth-order valence-corrected chi connectivity index (χ4v) is 3.68. The van der Waals surface area contributed by atoms with Crippen LogP contribution in [-0.4, -0.2) is 17.6 Å². The van der Waals surface area contributed by atoms with E-state index in [4.69, 9.17) is 5.73 Å².